The molecule has 1 aromatic carbocycles. The highest BCUT2D eigenvalue weighted by Gasteiger charge is 2.24. The van der Waals surface area contributed by atoms with Gasteiger partial charge in [-0.15, -0.1) is 0 Å². The third-order valence-corrected chi connectivity index (χ3v) is 3.74. The maximum Gasteiger partial charge on any atom is 0.275 e. The number of carbonyl (C=O) groups is 1. The number of piperazine rings is 1. The lowest BCUT2D eigenvalue weighted by atomic mass is 10.1. The number of rotatable bonds is 3. The molecule has 6 nitrogen and oxygen atoms in total. The number of amides is 1. The predicted octanol–water partition coefficient (Wildman–Crippen LogP) is 2.10. The number of hydrogen-bond acceptors (Lipinski definition) is 4. The van der Waals surface area contributed by atoms with Gasteiger partial charge in [0.25, 0.3) is 5.69 Å². The molecule has 0 saturated carbocycles. The lowest BCUT2D eigenvalue weighted by Crippen LogP contribution is -2.48. The Bertz CT molecular complexity index is 569. The third kappa shape index (κ3) is 3.12. The van der Waals surface area contributed by atoms with Crippen molar-refractivity contribution in [2.75, 3.05) is 31.1 Å². The van der Waals surface area contributed by atoms with E-state index in [1.54, 1.807) is 11.8 Å². The van der Waals surface area contributed by atoms with Gasteiger partial charge < -0.3 is 9.80 Å². The highest BCUT2D eigenvalue weighted by Crippen LogP contribution is 2.28. The van der Waals surface area contributed by atoms with Crippen LogP contribution in [0.25, 0.3) is 0 Å². The minimum absolute atomic E-state index is 0.0926. The van der Waals surface area contributed by atoms with Crippen LogP contribution in [-0.4, -0.2) is 41.9 Å². The number of nitro benzene ring substituents is 1. The van der Waals surface area contributed by atoms with Crippen LogP contribution < -0.4 is 4.90 Å². The average molecular weight is 295 g/mol. The number of anilines is 1. The topological polar surface area (TPSA) is 66.7 Å². The van der Waals surface area contributed by atoms with E-state index in [4.69, 9.17) is 0 Å². The molecule has 0 atom stereocenters. The zero-order chi connectivity index (χ0) is 15.6. The van der Waals surface area contributed by atoms with E-state index in [1.807, 2.05) is 11.8 Å². The summed E-state index contributed by atoms with van der Waals surface area (Å²) in [4.78, 5) is 25.4. The van der Waals surface area contributed by atoms with Crippen LogP contribution in [0.5, 0.6) is 0 Å². The lowest BCUT2D eigenvalue weighted by molar-refractivity contribution is -0.385. The van der Waals surface area contributed by atoms with E-state index in [2.05, 4.69) is 0 Å². The van der Waals surface area contributed by atoms with Gasteiger partial charge in [0, 0.05) is 38.2 Å². The second-order valence-corrected chi connectivity index (χ2v) is 5.07. The Morgan fingerprint density at radius 1 is 1.33 bits per heavy atom. The normalized spacial score (nSPS) is 15.2. The van der Waals surface area contributed by atoms with Gasteiger partial charge in [-0.25, -0.2) is 4.39 Å². The highest BCUT2D eigenvalue weighted by atomic mass is 19.1. The number of carbonyl (C=O) groups excluding carboxylic acids is 1. The molecule has 1 heterocycles. The van der Waals surface area contributed by atoms with E-state index < -0.39 is 10.7 Å². The number of benzene rings is 1. The van der Waals surface area contributed by atoms with Crippen LogP contribution in [0.4, 0.5) is 15.8 Å². The van der Waals surface area contributed by atoms with Crippen molar-refractivity contribution in [1.82, 2.24) is 4.90 Å². The molecule has 1 amide bonds. The Hall–Kier alpha value is -2.18. The summed E-state index contributed by atoms with van der Waals surface area (Å²) in [6.07, 6.45) is 0.463. The molecule has 0 spiro atoms. The van der Waals surface area contributed by atoms with E-state index in [0.717, 1.165) is 6.07 Å². The minimum atomic E-state index is -0.595. The van der Waals surface area contributed by atoms with Crippen molar-refractivity contribution in [2.24, 2.45) is 0 Å². The van der Waals surface area contributed by atoms with Crippen molar-refractivity contribution in [1.29, 1.82) is 0 Å². The maximum atomic E-state index is 14.1. The fourth-order valence-electron chi connectivity index (χ4n) is 2.52. The van der Waals surface area contributed by atoms with E-state index in [-0.39, 0.29) is 11.6 Å². The first-order valence-electron chi connectivity index (χ1n) is 6.91. The molecular formula is C14H18FN3O3. The van der Waals surface area contributed by atoms with Crippen molar-refractivity contribution in [3.05, 3.63) is 33.6 Å². The van der Waals surface area contributed by atoms with E-state index in [9.17, 15) is 19.3 Å². The molecule has 21 heavy (non-hydrogen) atoms. The van der Waals surface area contributed by atoms with Crippen molar-refractivity contribution < 1.29 is 14.1 Å². The van der Waals surface area contributed by atoms with Crippen LogP contribution in [0.2, 0.25) is 0 Å². The third-order valence-electron chi connectivity index (χ3n) is 3.74. The van der Waals surface area contributed by atoms with Crippen molar-refractivity contribution in [2.45, 2.75) is 20.3 Å². The van der Waals surface area contributed by atoms with E-state index >= 15 is 0 Å². The van der Waals surface area contributed by atoms with Crippen LogP contribution in [0, 0.1) is 22.9 Å². The van der Waals surface area contributed by atoms with Gasteiger partial charge >= 0.3 is 0 Å². The predicted molar refractivity (Wildman–Crippen MR) is 76.9 cm³/mol. The molecule has 0 bridgehead atoms. The Morgan fingerprint density at radius 2 is 1.95 bits per heavy atom. The molecule has 1 saturated heterocycles. The summed E-state index contributed by atoms with van der Waals surface area (Å²) in [6, 6.07) is 2.47. The van der Waals surface area contributed by atoms with Gasteiger partial charge in [0.2, 0.25) is 5.91 Å². The van der Waals surface area contributed by atoms with Crippen LogP contribution in [0.15, 0.2) is 12.1 Å². The minimum Gasteiger partial charge on any atom is -0.366 e. The molecule has 0 radical (unpaired) electrons. The van der Waals surface area contributed by atoms with E-state index in [0.29, 0.717) is 43.9 Å². The molecule has 7 heteroatoms. The Morgan fingerprint density at radius 3 is 2.48 bits per heavy atom. The smallest absolute Gasteiger partial charge is 0.275 e. The molecule has 1 aliphatic rings. The molecule has 114 valence electrons. The summed E-state index contributed by atoms with van der Waals surface area (Å²) in [5.41, 5.74) is 0.584. The standard InChI is InChI=1S/C14H18FN3O3/c1-3-14(19)17-6-4-16(5-7-17)13-8-10(2)12(18(20)21)9-11(13)15/h8-9H,3-7H2,1-2H3. The molecule has 0 N–H and O–H groups in total. The molecule has 0 aliphatic carbocycles. The first kappa shape index (κ1) is 15.2. The summed E-state index contributed by atoms with van der Waals surface area (Å²) < 4.78 is 14.1. The first-order chi connectivity index (χ1) is 9.93. The van der Waals surface area contributed by atoms with Gasteiger partial charge in [-0.1, -0.05) is 6.92 Å². The van der Waals surface area contributed by atoms with Crippen LogP contribution in [0.1, 0.15) is 18.9 Å². The highest BCUT2D eigenvalue weighted by molar-refractivity contribution is 5.76. The van der Waals surface area contributed by atoms with Gasteiger partial charge in [0.1, 0.15) is 0 Å². The fraction of sp³-hybridized carbons (Fsp3) is 0.500. The molecule has 1 fully saturated rings. The second-order valence-electron chi connectivity index (χ2n) is 5.07. The quantitative estimate of drug-likeness (QED) is 0.632. The number of aryl methyl sites for hydroxylation is 1. The molecule has 0 aromatic heterocycles. The average Bonchev–Trinajstić information content (AvgIpc) is 2.48. The van der Waals surface area contributed by atoms with Crippen LogP contribution in [-0.2, 0) is 4.79 Å². The summed E-state index contributed by atoms with van der Waals surface area (Å²) in [5, 5.41) is 10.8. The maximum absolute atomic E-state index is 14.1. The number of nitrogens with zero attached hydrogens (tertiary/aromatic N) is 3. The Labute approximate surface area is 122 Å². The van der Waals surface area contributed by atoms with Gasteiger partial charge in [0.05, 0.1) is 16.7 Å². The summed E-state index contributed by atoms with van der Waals surface area (Å²) in [5.74, 6) is -0.502. The largest absolute Gasteiger partial charge is 0.366 e. The van der Waals surface area contributed by atoms with Crippen LogP contribution in [0.3, 0.4) is 0 Å². The van der Waals surface area contributed by atoms with Gasteiger partial charge in [-0.2, -0.15) is 0 Å². The lowest BCUT2D eigenvalue weighted by Gasteiger charge is -2.36. The van der Waals surface area contributed by atoms with Gasteiger partial charge in [-0.3, -0.25) is 14.9 Å². The van der Waals surface area contributed by atoms with Gasteiger partial charge in [-0.05, 0) is 13.0 Å². The molecular weight excluding hydrogens is 277 g/mol. The monoisotopic (exact) mass is 295 g/mol. The second kappa shape index (κ2) is 6.07. The number of nitro groups is 1. The summed E-state index contributed by atoms with van der Waals surface area (Å²) in [7, 11) is 0. The fourth-order valence-corrected chi connectivity index (χ4v) is 2.52. The SMILES string of the molecule is CCC(=O)N1CCN(c2cc(C)c([N+](=O)[O-])cc2F)CC1. The molecule has 1 aromatic rings. The molecule has 0 unspecified atom stereocenters. The Balaban J connectivity index is 2.16. The van der Waals surface area contributed by atoms with Crippen LogP contribution >= 0.6 is 0 Å². The number of hydrogen-bond donors (Lipinski definition) is 0. The van der Waals surface area contributed by atoms with Crippen molar-refractivity contribution >= 4 is 17.3 Å². The Kier molecular flexibility index (Phi) is 4.40. The number of halogens is 1. The zero-order valence-electron chi connectivity index (χ0n) is 12.1. The molecule has 1 aliphatic heterocycles. The summed E-state index contributed by atoms with van der Waals surface area (Å²) in [6.45, 7) is 5.55. The summed E-state index contributed by atoms with van der Waals surface area (Å²) >= 11 is 0. The van der Waals surface area contributed by atoms with Crippen molar-refractivity contribution in [3.63, 3.8) is 0 Å². The van der Waals surface area contributed by atoms with Gasteiger partial charge in [0.15, 0.2) is 5.82 Å². The first-order valence-corrected chi connectivity index (χ1v) is 6.91. The van der Waals surface area contributed by atoms with E-state index in [1.165, 1.54) is 6.07 Å². The molecule has 2 rings (SSSR count). The zero-order valence-corrected chi connectivity index (χ0v) is 12.1. The van der Waals surface area contributed by atoms with Crippen molar-refractivity contribution in [3.8, 4) is 0 Å².